The summed E-state index contributed by atoms with van der Waals surface area (Å²) in [6, 6.07) is 16.1. The van der Waals surface area contributed by atoms with Gasteiger partial charge in [-0.1, -0.05) is 43.8 Å². The Labute approximate surface area is 120 Å². The summed E-state index contributed by atoms with van der Waals surface area (Å²) in [7, 11) is 0. The highest BCUT2D eigenvalue weighted by Gasteiger charge is 1.99. The van der Waals surface area contributed by atoms with Crippen LogP contribution in [0.25, 0.3) is 0 Å². The van der Waals surface area contributed by atoms with Crippen LogP contribution < -0.4 is 4.74 Å². The Bertz CT molecular complexity index is 585. The zero-order valence-corrected chi connectivity index (χ0v) is 11.8. The first-order valence-electron chi connectivity index (χ1n) is 6.79. The summed E-state index contributed by atoms with van der Waals surface area (Å²) in [5.74, 6) is 0.821. The van der Waals surface area contributed by atoms with E-state index in [4.69, 9.17) is 4.74 Å². The molecular weight excluding hydrogens is 246 g/mol. The van der Waals surface area contributed by atoms with Gasteiger partial charge in [0.2, 0.25) is 0 Å². The van der Waals surface area contributed by atoms with Gasteiger partial charge >= 0.3 is 0 Å². The van der Waals surface area contributed by atoms with Gasteiger partial charge in [-0.15, -0.1) is 0 Å². The van der Waals surface area contributed by atoms with E-state index in [9.17, 15) is 0 Å². The lowest BCUT2D eigenvalue weighted by molar-refractivity contribution is 0.363. The second-order valence-electron chi connectivity index (χ2n) is 4.42. The molecule has 2 nitrogen and oxygen atoms in total. The minimum Gasteiger partial charge on any atom is -0.489 e. The molecule has 0 aliphatic rings. The number of aryl methyl sites for hydroxylation is 1. The van der Waals surface area contributed by atoms with E-state index in [0.717, 1.165) is 23.4 Å². The van der Waals surface area contributed by atoms with Gasteiger partial charge in [-0.2, -0.15) is 0 Å². The Morgan fingerprint density at radius 1 is 1.10 bits per heavy atom. The Hall–Kier alpha value is -2.35. The molecule has 2 rings (SSSR count). The summed E-state index contributed by atoms with van der Waals surface area (Å²) in [6.07, 6.45) is 4.61. The number of ether oxygens (including phenoxy) is 1. The first kappa shape index (κ1) is 14.1. The van der Waals surface area contributed by atoms with Gasteiger partial charge in [-0.3, -0.25) is 4.99 Å². The number of rotatable bonds is 6. The van der Waals surface area contributed by atoms with Crippen LogP contribution in [0.5, 0.6) is 5.75 Å². The molecule has 2 heteroatoms. The predicted octanol–water partition coefficient (Wildman–Crippen LogP) is 4.56. The van der Waals surface area contributed by atoms with Crippen molar-refractivity contribution in [3.8, 4) is 5.75 Å². The number of hydrogen-bond acceptors (Lipinski definition) is 2. The van der Waals surface area contributed by atoms with Gasteiger partial charge in [0.1, 0.15) is 12.4 Å². The minimum absolute atomic E-state index is 0.496. The number of hydrogen-bond donors (Lipinski definition) is 0. The highest BCUT2D eigenvalue weighted by molar-refractivity contribution is 5.85. The Morgan fingerprint density at radius 2 is 1.85 bits per heavy atom. The van der Waals surface area contributed by atoms with Crippen LogP contribution >= 0.6 is 0 Å². The van der Waals surface area contributed by atoms with Gasteiger partial charge in [0.15, 0.2) is 0 Å². The molecule has 0 aliphatic carbocycles. The highest BCUT2D eigenvalue weighted by Crippen LogP contribution is 2.18. The molecule has 0 N–H and O–H groups in total. The summed E-state index contributed by atoms with van der Waals surface area (Å²) >= 11 is 0. The van der Waals surface area contributed by atoms with Crippen molar-refractivity contribution in [3.05, 3.63) is 72.3 Å². The van der Waals surface area contributed by atoms with Crippen LogP contribution in [-0.2, 0) is 6.42 Å². The summed E-state index contributed by atoms with van der Waals surface area (Å²) in [6.45, 7) is 6.30. The molecule has 0 fully saturated rings. The third-order valence-electron chi connectivity index (χ3n) is 2.97. The van der Waals surface area contributed by atoms with Gasteiger partial charge < -0.3 is 4.74 Å². The van der Waals surface area contributed by atoms with Gasteiger partial charge in [0.25, 0.3) is 0 Å². The summed E-state index contributed by atoms with van der Waals surface area (Å²) in [4.78, 5) is 4.49. The first-order valence-corrected chi connectivity index (χ1v) is 6.79. The number of para-hydroxylation sites is 1. The lowest BCUT2D eigenvalue weighted by Crippen LogP contribution is -1.96. The highest BCUT2D eigenvalue weighted by atomic mass is 16.5. The van der Waals surface area contributed by atoms with Crippen LogP contribution in [0.15, 0.2) is 66.2 Å². The fraction of sp³-hybridized carbons (Fsp3) is 0.167. The second kappa shape index (κ2) is 7.29. The van der Waals surface area contributed by atoms with Gasteiger partial charge in [0, 0.05) is 11.8 Å². The zero-order chi connectivity index (χ0) is 14.2. The van der Waals surface area contributed by atoms with Crippen LogP contribution in [0.1, 0.15) is 18.1 Å². The van der Waals surface area contributed by atoms with E-state index < -0.39 is 0 Å². The van der Waals surface area contributed by atoms with Crippen LogP contribution in [0, 0.1) is 0 Å². The van der Waals surface area contributed by atoms with Gasteiger partial charge in [-0.25, -0.2) is 0 Å². The molecule has 0 atom stereocenters. The summed E-state index contributed by atoms with van der Waals surface area (Å²) in [5.41, 5.74) is 3.23. The molecule has 0 heterocycles. The number of benzene rings is 2. The van der Waals surface area contributed by atoms with E-state index >= 15 is 0 Å². The Balaban J connectivity index is 2.15. The second-order valence-corrected chi connectivity index (χ2v) is 4.42. The molecule has 0 amide bonds. The maximum absolute atomic E-state index is 5.60. The third kappa shape index (κ3) is 3.82. The average molecular weight is 265 g/mol. The predicted molar refractivity (Wildman–Crippen MR) is 85.2 cm³/mol. The molecule has 0 radical (unpaired) electrons. The van der Waals surface area contributed by atoms with Crippen LogP contribution in [0.3, 0.4) is 0 Å². The van der Waals surface area contributed by atoms with E-state index in [2.05, 4.69) is 30.6 Å². The lowest BCUT2D eigenvalue weighted by Gasteiger charge is -2.06. The maximum atomic E-state index is 5.60. The molecule has 0 spiro atoms. The standard InChI is InChI=1S/C18H19NO/c1-3-13-20-18-8-6-5-7-16(18)14-19-17-11-9-15(4-2)10-12-17/h3,5-12,14H,1,4,13H2,2H3. The Kier molecular flexibility index (Phi) is 5.13. The molecule has 20 heavy (non-hydrogen) atoms. The third-order valence-corrected chi connectivity index (χ3v) is 2.97. The monoisotopic (exact) mass is 265 g/mol. The molecule has 2 aromatic rings. The molecule has 0 bridgehead atoms. The van der Waals surface area contributed by atoms with Crippen molar-refractivity contribution < 1.29 is 4.74 Å². The molecule has 0 saturated carbocycles. The van der Waals surface area contributed by atoms with Crippen LogP contribution in [-0.4, -0.2) is 12.8 Å². The summed E-state index contributed by atoms with van der Waals surface area (Å²) < 4.78 is 5.60. The number of aliphatic imine (C=N–C) groups is 1. The molecule has 0 saturated heterocycles. The van der Waals surface area contributed by atoms with Gasteiger partial charge in [-0.05, 0) is 36.2 Å². The van der Waals surface area contributed by atoms with Gasteiger partial charge in [0.05, 0.1) is 5.69 Å². The van der Waals surface area contributed by atoms with Crippen molar-refractivity contribution in [1.82, 2.24) is 0 Å². The quantitative estimate of drug-likeness (QED) is 0.554. The minimum atomic E-state index is 0.496. The molecule has 0 aromatic heterocycles. The summed E-state index contributed by atoms with van der Waals surface area (Å²) in [5, 5.41) is 0. The van der Waals surface area contributed by atoms with Crippen LogP contribution in [0.4, 0.5) is 5.69 Å². The molecule has 0 aliphatic heterocycles. The average Bonchev–Trinajstić information content (AvgIpc) is 2.52. The van der Waals surface area contributed by atoms with E-state index in [1.54, 1.807) is 6.08 Å². The van der Waals surface area contributed by atoms with Crippen molar-refractivity contribution in [2.24, 2.45) is 4.99 Å². The maximum Gasteiger partial charge on any atom is 0.128 e. The van der Waals surface area contributed by atoms with Crippen molar-refractivity contribution in [2.75, 3.05) is 6.61 Å². The van der Waals surface area contributed by atoms with E-state index in [1.165, 1.54) is 5.56 Å². The normalized spacial score (nSPS) is 10.7. The SMILES string of the molecule is C=CCOc1ccccc1C=Nc1ccc(CC)cc1. The van der Waals surface area contributed by atoms with Crippen molar-refractivity contribution in [1.29, 1.82) is 0 Å². The van der Waals surface area contributed by atoms with Crippen molar-refractivity contribution in [2.45, 2.75) is 13.3 Å². The molecular formula is C18H19NO. The van der Waals surface area contributed by atoms with Crippen LogP contribution in [0.2, 0.25) is 0 Å². The van der Waals surface area contributed by atoms with Crippen molar-refractivity contribution >= 4 is 11.9 Å². The first-order chi connectivity index (χ1) is 9.83. The largest absolute Gasteiger partial charge is 0.489 e. The smallest absolute Gasteiger partial charge is 0.128 e. The Morgan fingerprint density at radius 3 is 2.55 bits per heavy atom. The molecule has 2 aromatic carbocycles. The fourth-order valence-corrected chi connectivity index (χ4v) is 1.83. The van der Waals surface area contributed by atoms with E-state index in [1.807, 2.05) is 42.6 Å². The van der Waals surface area contributed by atoms with E-state index in [0.29, 0.717) is 6.61 Å². The molecule has 0 unspecified atom stereocenters. The van der Waals surface area contributed by atoms with Crippen molar-refractivity contribution in [3.63, 3.8) is 0 Å². The molecule has 102 valence electrons. The zero-order valence-electron chi connectivity index (χ0n) is 11.8. The fourth-order valence-electron chi connectivity index (χ4n) is 1.83. The number of nitrogens with zero attached hydrogens (tertiary/aromatic N) is 1. The topological polar surface area (TPSA) is 21.6 Å². The lowest BCUT2D eigenvalue weighted by atomic mass is 10.1. The van der Waals surface area contributed by atoms with E-state index in [-0.39, 0.29) is 0 Å².